The third-order valence-corrected chi connectivity index (χ3v) is 6.45. The van der Waals surface area contributed by atoms with Gasteiger partial charge in [0.05, 0.1) is 28.4 Å². The number of hydrogen-bond donors (Lipinski definition) is 0. The van der Waals surface area contributed by atoms with Crippen LogP contribution in [0.1, 0.15) is 13.8 Å². The topological polar surface area (TPSA) is 139 Å². The summed E-state index contributed by atoms with van der Waals surface area (Å²) in [7, 11) is 4.12. The van der Waals surface area contributed by atoms with Gasteiger partial charge in [0, 0.05) is 10.8 Å². The average molecular weight is 398 g/mol. The fraction of sp³-hybridized carbons (Fsp3) is 0.667. The van der Waals surface area contributed by atoms with Crippen LogP contribution in [0.5, 0.6) is 0 Å². The van der Waals surface area contributed by atoms with Crippen LogP contribution >= 0.6 is 0 Å². The summed E-state index contributed by atoms with van der Waals surface area (Å²) in [6.45, 7) is 2.66. The highest BCUT2D eigenvalue weighted by molar-refractivity contribution is 6.20. The van der Waals surface area contributed by atoms with Crippen LogP contribution in [0.3, 0.4) is 0 Å². The number of ketones is 2. The minimum absolute atomic E-state index is 0.890. The van der Waals surface area contributed by atoms with Crippen LogP contribution in [0.25, 0.3) is 0 Å². The molecule has 10 nitrogen and oxygen atoms in total. The summed E-state index contributed by atoms with van der Waals surface area (Å²) in [4.78, 5) is 76.3. The number of carbonyl (C=O) groups excluding carboxylic acids is 6. The first-order chi connectivity index (χ1) is 13.0. The number of hydrogen-bond acceptors (Lipinski definition) is 10. The molecule has 0 aromatic heterocycles. The SMILES string of the molecule is COC(=O)[C@@H]1C(=O)[C@H](C(=O)OC)C2(C)[C@H](C(=O)OC)C(=O)[C@H](C(=O)OC)C12C. The minimum atomic E-state index is -1.78. The molecule has 0 aliphatic heterocycles. The fourth-order valence-corrected chi connectivity index (χ4v) is 5.01. The third-order valence-electron chi connectivity index (χ3n) is 6.45. The molecule has 2 unspecified atom stereocenters. The van der Waals surface area contributed by atoms with Crippen molar-refractivity contribution in [1.29, 1.82) is 0 Å². The molecule has 6 atom stereocenters. The van der Waals surface area contributed by atoms with Crippen LogP contribution in [0, 0.1) is 34.5 Å². The molecule has 2 aliphatic carbocycles. The Balaban J connectivity index is 2.92. The van der Waals surface area contributed by atoms with Crippen LogP contribution in [0.15, 0.2) is 0 Å². The van der Waals surface area contributed by atoms with E-state index in [1.165, 1.54) is 13.8 Å². The van der Waals surface area contributed by atoms with Gasteiger partial charge in [-0.05, 0) is 0 Å². The molecule has 2 fully saturated rings. The van der Waals surface area contributed by atoms with Crippen molar-refractivity contribution in [3.8, 4) is 0 Å². The van der Waals surface area contributed by atoms with E-state index in [1.54, 1.807) is 0 Å². The average Bonchev–Trinajstić information content (AvgIpc) is 2.94. The Morgan fingerprint density at radius 2 is 0.750 bits per heavy atom. The summed E-state index contributed by atoms with van der Waals surface area (Å²) in [5.41, 5.74) is -3.56. The highest BCUT2D eigenvalue weighted by Crippen LogP contribution is 2.70. The summed E-state index contributed by atoms with van der Waals surface area (Å²) in [6.07, 6.45) is 0. The van der Waals surface area contributed by atoms with Crippen LogP contribution < -0.4 is 0 Å². The molecule has 2 aliphatic rings. The summed E-state index contributed by atoms with van der Waals surface area (Å²) < 4.78 is 18.8. The molecule has 0 saturated heterocycles. The molecule has 0 aromatic rings. The maximum absolute atomic E-state index is 13.1. The third kappa shape index (κ3) is 2.33. The second-order valence-corrected chi connectivity index (χ2v) is 7.19. The molecular weight excluding hydrogens is 376 g/mol. The maximum Gasteiger partial charge on any atom is 0.316 e. The Labute approximate surface area is 160 Å². The Hall–Kier alpha value is -2.78. The molecule has 0 amide bonds. The van der Waals surface area contributed by atoms with Gasteiger partial charge in [-0.3, -0.25) is 28.8 Å². The maximum atomic E-state index is 13.1. The summed E-state index contributed by atoms with van der Waals surface area (Å²) in [6, 6.07) is 0. The molecule has 2 saturated carbocycles. The van der Waals surface area contributed by atoms with Crippen LogP contribution in [-0.4, -0.2) is 63.9 Å². The number of methoxy groups -OCH3 is 4. The Morgan fingerprint density at radius 3 is 0.893 bits per heavy atom. The Morgan fingerprint density at radius 1 is 0.571 bits per heavy atom. The predicted octanol–water partition coefficient (Wildman–Crippen LogP) is -0.679. The molecule has 0 heterocycles. The molecule has 0 spiro atoms. The van der Waals surface area contributed by atoms with Gasteiger partial charge >= 0.3 is 23.9 Å². The standard InChI is InChI=1S/C18H22O10/c1-17-7(13(21)25-3)11(19)9(15(23)27-5)18(17,2)10(16(24)28-6)12(20)8(17)14(22)26-4/h7-10H,1-6H3/t7-,8+,9+,10-,17?,18?. The van der Waals surface area contributed by atoms with E-state index in [-0.39, 0.29) is 0 Å². The molecule has 2 rings (SSSR count). The van der Waals surface area contributed by atoms with Crippen LogP contribution in [0.2, 0.25) is 0 Å². The van der Waals surface area contributed by atoms with Crippen molar-refractivity contribution >= 4 is 35.4 Å². The van der Waals surface area contributed by atoms with E-state index >= 15 is 0 Å². The van der Waals surface area contributed by atoms with Gasteiger partial charge in [0.25, 0.3) is 0 Å². The Kier molecular flexibility index (Phi) is 5.37. The highest BCUT2D eigenvalue weighted by atomic mass is 16.5. The number of rotatable bonds is 4. The first-order valence-electron chi connectivity index (χ1n) is 8.39. The first kappa shape index (κ1) is 21.5. The van der Waals surface area contributed by atoms with E-state index in [0.717, 1.165) is 28.4 Å². The molecule has 0 radical (unpaired) electrons. The molecule has 0 aromatic carbocycles. The second-order valence-electron chi connectivity index (χ2n) is 7.19. The fourth-order valence-electron chi connectivity index (χ4n) is 5.01. The van der Waals surface area contributed by atoms with E-state index in [4.69, 9.17) is 18.9 Å². The molecule has 0 N–H and O–H groups in total. The zero-order valence-electron chi connectivity index (χ0n) is 16.4. The predicted molar refractivity (Wildman–Crippen MR) is 88.3 cm³/mol. The lowest BCUT2D eigenvalue weighted by molar-refractivity contribution is -0.165. The zero-order chi connectivity index (χ0) is 21.6. The smallest absolute Gasteiger partial charge is 0.316 e. The number of carbonyl (C=O) groups is 6. The number of fused-ring (bicyclic) bond motifs is 1. The second kappa shape index (κ2) is 6.99. The normalized spacial score (nSPS) is 36.5. The molecular formula is C18H22O10. The lowest BCUT2D eigenvalue weighted by Gasteiger charge is -2.41. The van der Waals surface area contributed by atoms with E-state index in [2.05, 4.69) is 0 Å². The van der Waals surface area contributed by atoms with Gasteiger partial charge in [0.1, 0.15) is 23.7 Å². The molecule has 10 heteroatoms. The van der Waals surface area contributed by atoms with E-state index in [1.807, 2.05) is 0 Å². The van der Waals surface area contributed by atoms with Gasteiger partial charge in [-0.15, -0.1) is 0 Å². The van der Waals surface area contributed by atoms with Crippen molar-refractivity contribution < 1.29 is 47.7 Å². The lowest BCUT2D eigenvalue weighted by atomic mass is 9.58. The molecule has 154 valence electrons. The lowest BCUT2D eigenvalue weighted by Crippen LogP contribution is -2.48. The van der Waals surface area contributed by atoms with Crippen LogP contribution in [0.4, 0.5) is 0 Å². The number of Topliss-reactive ketones (excluding diaryl/α,β-unsaturated/α-hetero) is 2. The van der Waals surface area contributed by atoms with E-state index < -0.39 is 69.9 Å². The number of ether oxygens (including phenoxy) is 4. The van der Waals surface area contributed by atoms with Gasteiger partial charge in [0.15, 0.2) is 11.6 Å². The van der Waals surface area contributed by atoms with Crippen molar-refractivity contribution in [2.24, 2.45) is 34.5 Å². The molecule has 0 bridgehead atoms. The van der Waals surface area contributed by atoms with Gasteiger partial charge < -0.3 is 18.9 Å². The van der Waals surface area contributed by atoms with Crippen molar-refractivity contribution in [3.05, 3.63) is 0 Å². The summed E-state index contributed by atoms with van der Waals surface area (Å²) >= 11 is 0. The highest BCUT2D eigenvalue weighted by Gasteiger charge is 2.82. The first-order valence-corrected chi connectivity index (χ1v) is 8.39. The number of esters is 4. The summed E-state index contributed by atoms with van der Waals surface area (Å²) in [5.74, 6) is -12.5. The van der Waals surface area contributed by atoms with Crippen molar-refractivity contribution in [3.63, 3.8) is 0 Å². The van der Waals surface area contributed by atoms with E-state index in [0.29, 0.717) is 0 Å². The monoisotopic (exact) mass is 398 g/mol. The van der Waals surface area contributed by atoms with E-state index in [9.17, 15) is 28.8 Å². The van der Waals surface area contributed by atoms with Crippen molar-refractivity contribution in [2.45, 2.75) is 13.8 Å². The zero-order valence-corrected chi connectivity index (χ0v) is 16.4. The van der Waals surface area contributed by atoms with Gasteiger partial charge in [0.2, 0.25) is 0 Å². The Bertz CT molecular complexity index is 650. The van der Waals surface area contributed by atoms with Crippen LogP contribution in [-0.2, 0) is 47.7 Å². The van der Waals surface area contributed by atoms with Crippen molar-refractivity contribution in [2.75, 3.05) is 28.4 Å². The van der Waals surface area contributed by atoms with Gasteiger partial charge in [-0.2, -0.15) is 0 Å². The van der Waals surface area contributed by atoms with Gasteiger partial charge in [-0.25, -0.2) is 0 Å². The summed E-state index contributed by atoms with van der Waals surface area (Å²) in [5, 5.41) is 0. The molecule has 28 heavy (non-hydrogen) atoms. The minimum Gasteiger partial charge on any atom is -0.468 e. The van der Waals surface area contributed by atoms with Gasteiger partial charge in [-0.1, -0.05) is 13.8 Å². The van der Waals surface area contributed by atoms with Crippen molar-refractivity contribution in [1.82, 2.24) is 0 Å². The largest absolute Gasteiger partial charge is 0.468 e. The quantitative estimate of drug-likeness (QED) is 0.340.